The van der Waals surface area contributed by atoms with E-state index < -0.39 is 0 Å². The molecule has 2 fully saturated rings. The van der Waals surface area contributed by atoms with Crippen LogP contribution in [0.25, 0.3) is 0 Å². The molecule has 0 N–H and O–H groups in total. The monoisotopic (exact) mass is 358 g/mol. The predicted octanol–water partition coefficient (Wildman–Crippen LogP) is 3.08. The van der Waals surface area contributed by atoms with Crippen molar-refractivity contribution in [2.75, 3.05) is 33.7 Å². The van der Waals surface area contributed by atoms with E-state index in [1.54, 1.807) is 0 Å². The highest BCUT2D eigenvalue weighted by atomic mass is 79.9. The number of likely N-dealkylation sites (N-methyl/N-ethyl adjacent to an activating group) is 2. The second-order valence-corrected chi connectivity index (χ2v) is 7.11. The molecule has 0 amide bonds. The van der Waals surface area contributed by atoms with Crippen molar-refractivity contribution in [1.29, 1.82) is 0 Å². The lowest BCUT2D eigenvalue weighted by Crippen LogP contribution is -2.32. The second kappa shape index (κ2) is 5.87. The molecule has 1 saturated carbocycles. The van der Waals surface area contributed by atoms with Crippen molar-refractivity contribution < 1.29 is 0 Å². The summed E-state index contributed by atoms with van der Waals surface area (Å²) in [6, 6.07) is 0.227. The Morgan fingerprint density at radius 2 is 1.95 bits per heavy atom. The number of halogens is 2. The van der Waals surface area contributed by atoms with Gasteiger partial charge in [0.1, 0.15) is 11.0 Å². The molecule has 4 nitrogen and oxygen atoms in total. The Morgan fingerprint density at radius 3 is 2.65 bits per heavy atom. The van der Waals surface area contributed by atoms with Gasteiger partial charge in [-0.25, -0.2) is 9.97 Å². The minimum atomic E-state index is 0.227. The Kier molecular flexibility index (Phi) is 4.32. The smallest absolute Gasteiger partial charge is 0.148 e. The molecule has 1 unspecified atom stereocenters. The summed E-state index contributed by atoms with van der Waals surface area (Å²) in [6.07, 6.45) is 3.61. The lowest BCUT2D eigenvalue weighted by atomic mass is 10.2. The van der Waals surface area contributed by atoms with Gasteiger partial charge >= 0.3 is 0 Å². The number of nitrogens with zero attached hydrogens (tertiary/aromatic N) is 4. The Bertz CT molecular complexity index is 506. The van der Waals surface area contributed by atoms with Crippen LogP contribution in [0.2, 0.25) is 5.15 Å². The standard InChI is InChI=1S/C14H20BrClN4/c1-19-6-3-7-20(2)10(8-19)14-17-12(9-4-5-9)11(15)13(16)18-14/h9-10H,3-8H2,1-2H3. The lowest BCUT2D eigenvalue weighted by Gasteiger charge is -2.26. The van der Waals surface area contributed by atoms with Crippen molar-refractivity contribution in [1.82, 2.24) is 19.8 Å². The van der Waals surface area contributed by atoms with Crippen LogP contribution in [0.4, 0.5) is 0 Å². The van der Waals surface area contributed by atoms with Crippen LogP contribution >= 0.6 is 27.5 Å². The predicted molar refractivity (Wildman–Crippen MR) is 84.2 cm³/mol. The average Bonchev–Trinajstić information content (AvgIpc) is 3.23. The molecule has 0 spiro atoms. The maximum atomic E-state index is 6.30. The van der Waals surface area contributed by atoms with E-state index in [9.17, 15) is 0 Å². The summed E-state index contributed by atoms with van der Waals surface area (Å²) in [6.45, 7) is 3.16. The molecule has 0 aromatic carbocycles. The maximum Gasteiger partial charge on any atom is 0.148 e. The van der Waals surface area contributed by atoms with Gasteiger partial charge in [-0.05, 0) is 62.4 Å². The lowest BCUT2D eigenvalue weighted by molar-refractivity contribution is 0.219. The van der Waals surface area contributed by atoms with E-state index in [2.05, 4.69) is 44.8 Å². The molecule has 2 aliphatic rings. The third-order valence-electron chi connectivity index (χ3n) is 4.18. The van der Waals surface area contributed by atoms with Crippen LogP contribution in [-0.4, -0.2) is 53.5 Å². The van der Waals surface area contributed by atoms with E-state index >= 15 is 0 Å². The normalized spacial score (nSPS) is 25.7. The molecule has 0 radical (unpaired) electrons. The van der Waals surface area contributed by atoms with Crippen LogP contribution in [0.15, 0.2) is 4.47 Å². The summed E-state index contributed by atoms with van der Waals surface area (Å²) in [5.74, 6) is 1.44. The van der Waals surface area contributed by atoms with Crippen molar-refractivity contribution in [3.05, 3.63) is 21.1 Å². The molecule has 1 aromatic rings. The molecule has 1 aliphatic heterocycles. The molecule has 20 heavy (non-hydrogen) atoms. The van der Waals surface area contributed by atoms with E-state index in [0.717, 1.165) is 35.6 Å². The van der Waals surface area contributed by atoms with Crippen molar-refractivity contribution in [2.24, 2.45) is 0 Å². The Balaban J connectivity index is 1.95. The van der Waals surface area contributed by atoms with E-state index in [1.807, 2.05) is 0 Å². The van der Waals surface area contributed by atoms with Gasteiger partial charge in [0, 0.05) is 12.5 Å². The molecular weight excluding hydrogens is 340 g/mol. The van der Waals surface area contributed by atoms with Gasteiger partial charge in [0.25, 0.3) is 0 Å². The van der Waals surface area contributed by atoms with Crippen molar-refractivity contribution in [3.8, 4) is 0 Å². The first-order chi connectivity index (χ1) is 9.56. The van der Waals surface area contributed by atoms with Crippen LogP contribution in [0.3, 0.4) is 0 Å². The zero-order valence-electron chi connectivity index (χ0n) is 11.9. The maximum absolute atomic E-state index is 6.30. The zero-order valence-corrected chi connectivity index (χ0v) is 14.3. The third-order valence-corrected chi connectivity index (χ3v) is 5.47. The molecule has 1 saturated heterocycles. The van der Waals surface area contributed by atoms with Crippen LogP contribution in [0.5, 0.6) is 0 Å². The Morgan fingerprint density at radius 1 is 1.20 bits per heavy atom. The van der Waals surface area contributed by atoms with E-state index in [4.69, 9.17) is 16.6 Å². The average molecular weight is 360 g/mol. The van der Waals surface area contributed by atoms with E-state index in [1.165, 1.54) is 19.3 Å². The molecule has 1 aliphatic carbocycles. The summed E-state index contributed by atoms with van der Waals surface area (Å²) in [4.78, 5) is 14.1. The number of hydrogen-bond donors (Lipinski definition) is 0. The van der Waals surface area contributed by atoms with E-state index in [-0.39, 0.29) is 6.04 Å². The highest BCUT2D eigenvalue weighted by Gasteiger charge is 2.32. The van der Waals surface area contributed by atoms with Crippen LogP contribution in [-0.2, 0) is 0 Å². The third kappa shape index (κ3) is 3.01. The van der Waals surface area contributed by atoms with Gasteiger partial charge in [0.15, 0.2) is 0 Å². The molecule has 2 heterocycles. The number of hydrogen-bond acceptors (Lipinski definition) is 4. The SMILES string of the molecule is CN1CCCN(C)C(c2nc(Cl)c(Br)c(C3CC3)n2)C1. The number of aromatic nitrogens is 2. The first kappa shape index (κ1) is 14.7. The fraction of sp³-hybridized carbons (Fsp3) is 0.714. The van der Waals surface area contributed by atoms with Gasteiger partial charge in [0.05, 0.1) is 16.2 Å². The second-order valence-electron chi connectivity index (χ2n) is 5.96. The van der Waals surface area contributed by atoms with Gasteiger partial charge in [-0.1, -0.05) is 11.6 Å². The van der Waals surface area contributed by atoms with Crippen LogP contribution in [0.1, 0.15) is 42.7 Å². The molecular formula is C14H20BrClN4. The first-order valence-electron chi connectivity index (χ1n) is 7.18. The first-order valence-corrected chi connectivity index (χ1v) is 8.35. The fourth-order valence-corrected chi connectivity index (χ4v) is 3.46. The fourth-order valence-electron chi connectivity index (χ4n) is 2.78. The summed E-state index contributed by atoms with van der Waals surface area (Å²) in [5, 5.41) is 0.553. The molecule has 1 aromatic heterocycles. The Labute approximate surface area is 133 Å². The van der Waals surface area contributed by atoms with Gasteiger partial charge in [0.2, 0.25) is 0 Å². The number of rotatable bonds is 2. The molecule has 110 valence electrons. The molecule has 6 heteroatoms. The van der Waals surface area contributed by atoms with Gasteiger partial charge in [-0.2, -0.15) is 0 Å². The van der Waals surface area contributed by atoms with Gasteiger partial charge in [-0.15, -0.1) is 0 Å². The zero-order chi connectivity index (χ0) is 14.3. The van der Waals surface area contributed by atoms with Crippen LogP contribution in [0, 0.1) is 0 Å². The van der Waals surface area contributed by atoms with Crippen molar-refractivity contribution >= 4 is 27.5 Å². The highest BCUT2D eigenvalue weighted by Crippen LogP contribution is 2.44. The summed E-state index contributed by atoms with van der Waals surface area (Å²) < 4.78 is 0.884. The largest absolute Gasteiger partial charge is 0.304 e. The molecule has 3 rings (SSSR count). The minimum Gasteiger partial charge on any atom is -0.304 e. The van der Waals surface area contributed by atoms with E-state index in [0.29, 0.717) is 11.1 Å². The molecule has 1 atom stereocenters. The van der Waals surface area contributed by atoms with Crippen molar-refractivity contribution in [3.63, 3.8) is 0 Å². The summed E-state index contributed by atoms with van der Waals surface area (Å²) >= 11 is 9.85. The van der Waals surface area contributed by atoms with Crippen LogP contribution < -0.4 is 0 Å². The molecule has 0 bridgehead atoms. The van der Waals surface area contributed by atoms with Gasteiger partial charge < -0.3 is 4.90 Å². The summed E-state index contributed by atoms with van der Waals surface area (Å²) in [5.41, 5.74) is 1.10. The van der Waals surface area contributed by atoms with Gasteiger partial charge in [-0.3, -0.25) is 4.90 Å². The van der Waals surface area contributed by atoms with Crippen molar-refractivity contribution in [2.45, 2.75) is 31.2 Å². The summed E-state index contributed by atoms with van der Waals surface area (Å²) in [7, 11) is 4.31. The minimum absolute atomic E-state index is 0.227. The highest BCUT2D eigenvalue weighted by molar-refractivity contribution is 9.10. The Hall–Kier alpha value is -0.230. The topological polar surface area (TPSA) is 32.3 Å². The quantitative estimate of drug-likeness (QED) is 0.760.